The molecular weight excluding hydrogens is 295 g/mol. The molecule has 0 nitrogen and oxygen atoms in total. The third kappa shape index (κ3) is 18.5. The summed E-state index contributed by atoms with van der Waals surface area (Å²) < 4.78 is 0. The van der Waals surface area contributed by atoms with Crippen LogP contribution in [0.4, 0.5) is 0 Å². The SMILES string of the molecule is CCCCCCCCCCCC[Se]CCCCCC. The number of rotatable bonds is 16. The maximum atomic E-state index is 2.30. The van der Waals surface area contributed by atoms with Crippen molar-refractivity contribution in [2.45, 2.75) is 114 Å². The predicted molar refractivity (Wildman–Crippen MR) is 91.4 cm³/mol. The van der Waals surface area contributed by atoms with Crippen LogP contribution in [-0.2, 0) is 0 Å². The van der Waals surface area contributed by atoms with Gasteiger partial charge in [-0.1, -0.05) is 0 Å². The van der Waals surface area contributed by atoms with Gasteiger partial charge in [-0.3, -0.25) is 0 Å². The van der Waals surface area contributed by atoms with E-state index in [4.69, 9.17) is 0 Å². The molecule has 1 heteroatoms. The molecule has 0 heterocycles. The van der Waals surface area contributed by atoms with Crippen molar-refractivity contribution in [3.8, 4) is 0 Å². The molecule has 19 heavy (non-hydrogen) atoms. The van der Waals surface area contributed by atoms with Gasteiger partial charge in [-0.15, -0.1) is 0 Å². The van der Waals surface area contributed by atoms with Crippen molar-refractivity contribution in [1.82, 2.24) is 0 Å². The van der Waals surface area contributed by atoms with Crippen LogP contribution in [0.15, 0.2) is 0 Å². The van der Waals surface area contributed by atoms with E-state index in [2.05, 4.69) is 13.8 Å². The molecule has 0 amide bonds. The van der Waals surface area contributed by atoms with Crippen molar-refractivity contribution in [2.24, 2.45) is 0 Å². The molecule has 0 atom stereocenters. The average molecular weight is 333 g/mol. The van der Waals surface area contributed by atoms with Crippen molar-refractivity contribution >= 4 is 15.0 Å². The second kappa shape index (κ2) is 18.5. The van der Waals surface area contributed by atoms with Crippen LogP contribution in [0.1, 0.15) is 104 Å². The Morgan fingerprint density at radius 3 is 1.16 bits per heavy atom. The average Bonchev–Trinajstić information content (AvgIpc) is 2.43. The van der Waals surface area contributed by atoms with E-state index in [-0.39, 0.29) is 0 Å². The van der Waals surface area contributed by atoms with Crippen molar-refractivity contribution in [1.29, 1.82) is 0 Å². The van der Waals surface area contributed by atoms with Crippen molar-refractivity contribution in [3.05, 3.63) is 0 Å². The summed E-state index contributed by atoms with van der Waals surface area (Å²) in [5, 5.41) is 3.10. The second-order valence-electron chi connectivity index (χ2n) is 5.86. The Bertz CT molecular complexity index is 129. The van der Waals surface area contributed by atoms with Gasteiger partial charge in [-0.2, -0.15) is 0 Å². The molecule has 0 aliphatic heterocycles. The van der Waals surface area contributed by atoms with Gasteiger partial charge in [0.15, 0.2) is 0 Å². The van der Waals surface area contributed by atoms with E-state index in [0.717, 1.165) is 15.0 Å². The Kier molecular flexibility index (Phi) is 19.0. The Labute approximate surface area is 129 Å². The first kappa shape index (κ1) is 19.5. The molecule has 0 fully saturated rings. The van der Waals surface area contributed by atoms with Gasteiger partial charge >= 0.3 is 129 Å². The molecule has 0 aromatic heterocycles. The molecule has 0 unspecified atom stereocenters. The van der Waals surface area contributed by atoms with Crippen LogP contribution in [0.25, 0.3) is 0 Å². The fraction of sp³-hybridized carbons (Fsp3) is 1.00. The van der Waals surface area contributed by atoms with Crippen LogP contribution in [0.3, 0.4) is 0 Å². The van der Waals surface area contributed by atoms with Crippen LogP contribution in [0.2, 0.25) is 10.6 Å². The number of hydrogen-bond donors (Lipinski definition) is 0. The van der Waals surface area contributed by atoms with E-state index in [0.29, 0.717) is 0 Å². The van der Waals surface area contributed by atoms with Crippen molar-refractivity contribution in [3.63, 3.8) is 0 Å². The Hall–Kier alpha value is 0.519. The summed E-state index contributed by atoms with van der Waals surface area (Å²) in [6.45, 7) is 4.60. The molecule has 0 rings (SSSR count). The summed E-state index contributed by atoms with van der Waals surface area (Å²) >= 11 is 0.966. The predicted octanol–water partition coefficient (Wildman–Crippen LogP) is 7.03. The fourth-order valence-corrected chi connectivity index (χ4v) is 4.57. The Morgan fingerprint density at radius 2 is 0.737 bits per heavy atom. The zero-order valence-corrected chi connectivity index (χ0v) is 15.4. The van der Waals surface area contributed by atoms with Crippen LogP contribution >= 0.6 is 0 Å². The van der Waals surface area contributed by atoms with Crippen LogP contribution in [0.5, 0.6) is 0 Å². The fourth-order valence-electron chi connectivity index (χ4n) is 2.42. The molecular formula is C18H38Se. The molecule has 0 N–H and O–H groups in total. The maximum absolute atomic E-state index is 2.30. The molecule has 116 valence electrons. The summed E-state index contributed by atoms with van der Waals surface area (Å²) in [4.78, 5) is 0. The molecule has 0 aromatic rings. The van der Waals surface area contributed by atoms with Gasteiger partial charge in [0.2, 0.25) is 0 Å². The first-order valence-corrected chi connectivity index (χ1v) is 11.4. The standard InChI is InChI=1S/C18H38Se/c1-3-5-7-9-10-11-12-13-14-16-18-19-17-15-8-6-4-2/h3-18H2,1-2H3. The molecule has 0 bridgehead atoms. The molecule has 0 aliphatic carbocycles. The van der Waals surface area contributed by atoms with Crippen LogP contribution in [-0.4, -0.2) is 15.0 Å². The second-order valence-corrected chi connectivity index (χ2v) is 8.42. The van der Waals surface area contributed by atoms with E-state index >= 15 is 0 Å². The Balaban J connectivity index is 2.88. The minimum atomic E-state index is 0.966. The van der Waals surface area contributed by atoms with Crippen molar-refractivity contribution < 1.29 is 0 Å². The van der Waals surface area contributed by atoms with Gasteiger partial charge in [-0.05, 0) is 0 Å². The van der Waals surface area contributed by atoms with E-state index in [1.807, 2.05) is 0 Å². The monoisotopic (exact) mass is 334 g/mol. The third-order valence-electron chi connectivity index (χ3n) is 3.78. The zero-order chi connectivity index (χ0) is 14.0. The summed E-state index contributed by atoms with van der Waals surface area (Å²) in [6.07, 6.45) is 20.6. The van der Waals surface area contributed by atoms with Gasteiger partial charge in [0.1, 0.15) is 0 Å². The first-order valence-electron chi connectivity index (χ1n) is 8.99. The van der Waals surface area contributed by atoms with Gasteiger partial charge in [0.25, 0.3) is 0 Å². The quantitative estimate of drug-likeness (QED) is 0.210. The van der Waals surface area contributed by atoms with Crippen LogP contribution < -0.4 is 0 Å². The van der Waals surface area contributed by atoms with E-state index in [1.54, 1.807) is 10.6 Å². The molecule has 0 spiro atoms. The van der Waals surface area contributed by atoms with Gasteiger partial charge in [-0.25, -0.2) is 0 Å². The van der Waals surface area contributed by atoms with Crippen molar-refractivity contribution in [2.75, 3.05) is 0 Å². The molecule has 0 saturated carbocycles. The number of unbranched alkanes of at least 4 members (excludes halogenated alkanes) is 12. The summed E-state index contributed by atoms with van der Waals surface area (Å²) in [7, 11) is 0. The molecule has 0 radical (unpaired) electrons. The minimum absolute atomic E-state index is 0.966. The third-order valence-corrected chi connectivity index (χ3v) is 6.21. The Morgan fingerprint density at radius 1 is 0.421 bits per heavy atom. The molecule has 0 aromatic carbocycles. The van der Waals surface area contributed by atoms with E-state index in [1.165, 1.54) is 89.9 Å². The number of hydrogen-bond acceptors (Lipinski definition) is 0. The molecule has 0 aliphatic rings. The van der Waals surface area contributed by atoms with Gasteiger partial charge < -0.3 is 0 Å². The van der Waals surface area contributed by atoms with E-state index in [9.17, 15) is 0 Å². The summed E-state index contributed by atoms with van der Waals surface area (Å²) in [5.74, 6) is 0. The molecule has 0 saturated heterocycles. The zero-order valence-electron chi connectivity index (χ0n) is 13.7. The summed E-state index contributed by atoms with van der Waals surface area (Å²) in [5.41, 5.74) is 0. The van der Waals surface area contributed by atoms with Crippen LogP contribution in [0, 0.1) is 0 Å². The first-order chi connectivity index (χ1) is 9.41. The normalized spacial score (nSPS) is 11.1. The van der Waals surface area contributed by atoms with E-state index < -0.39 is 0 Å². The van der Waals surface area contributed by atoms with Gasteiger partial charge in [0, 0.05) is 0 Å². The topological polar surface area (TPSA) is 0 Å². The summed E-state index contributed by atoms with van der Waals surface area (Å²) in [6, 6.07) is 0. The van der Waals surface area contributed by atoms with Gasteiger partial charge in [0.05, 0.1) is 0 Å².